The first kappa shape index (κ1) is 28.4. The zero-order valence-corrected chi connectivity index (χ0v) is 20.8. The van der Waals surface area contributed by atoms with Crippen molar-refractivity contribution in [1.82, 2.24) is 20.5 Å². The molecule has 0 bridgehead atoms. The van der Waals surface area contributed by atoms with Crippen molar-refractivity contribution in [2.75, 3.05) is 6.54 Å². The zero-order valence-electron chi connectivity index (χ0n) is 20.8. The summed E-state index contributed by atoms with van der Waals surface area (Å²) in [5.41, 5.74) is -1.07. The van der Waals surface area contributed by atoms with Gasteiger partial charge in [-0.2, -0.15) is 18.4 Å². The molecule has 0 aliphatic carbocycles. The second-order valence-electron chi connectivity index (χ2n) is 10.0. The molecule has 1 saturated heterocycles. The van der Waals surface area contributed by atoms with Crippen molar-refractivity contribution in [1.29, 1.82) is 5.26 Å². The van der Waals surface area contributed by atoms with Gasteiger partial charge in [-0.05, 0) is 17.9 Å². The lowest BCUT2D eigenvalue weighted by atomic mass is 9.85. The molecule has 1 aliphatic heterocycles. The molecule has 4 atom stereocenters. The number of terminal acetylenes is 1. The number of halogens is 4. The largest absolute Gasteiger partial charge is 0.471 e. The summed E-state index contributed by atoms with van der Waals surface area (Å²) in [5, 5.41) is 14.5. The van der Waals surface area contributed by atoms with Crippen LogP contribution in [-0.4, -0.2) is 52.4 Å². The van der Waals surface area contributed by atoms with E-state index in [1.807, 2.05) is 6.07 Å². The third-order valence-electron chi connectivity index (χ3n) is 6.26. The molecule has 3 amide bonds. The number of amides is 3. The summed E-state index contributed by atoms with van der Waals surface area (Å²) in [6.45, 7) is 4.24. The molecular formula is C26H25F4N5O3. The van der Waals surface area contributed by atoms with Crippen molar-refractivity contribution in [2.45, 2.75) is 51.5 Å². The second kappa shape index (κ2) is 10.7. The maximum atomic E-state index is 14.6. The van der Waals surface area contributed by atoms with Crippen LogP contribution in [0.4, 0.5) is 17.6 Å². The summed E-state index contributed by atoms with van der Waals surface area (Å²) in [7, 11) is 0. The number of carbonyl (C=O) groups is 3. The molecule has 0 saturated carbocycles. The molecule has 38 heavy (non-hydrogen) atoms. The predicted molar refractivity (Wildman–Crippen MR) is 128 cm³/mol. The third-order valence-corrected chi connectivity index (χ3v) is 6.26. The summed E-state index contributed by atoms with van der Waals surface area (Å²) in [4.78, 5) is 43.5. The summed E-state index contributed by atoms with van der Waals surface area (Å²) < 4.78 is 53.5. The molecule has 2 N–H and O–H groups in total. The summed E-state index contributed by atoms with van der Waals surface area (Å²) in [6.07, 6.45) is 2.90. The number of fused-ring (bicyclic) bond motifs is 1. The number of likely N-dealkylation sites (tertiary alicyclic amines) is 1. The number of aromatic nitrogens is 1. The van der Waals surface area contributed by atoms with Gasteiger partial charge >= 0.3 is 12.1 Å². The van der Waals surface area contributed by atoms with Crippen molar-refractivity contribution in [3.05, 3.63) is 42.0 Å². The molecular weight excluding hydrogens is 506 g/mol. The first-order valence-corrected chi connectivity index (χ1v) is 11.6. The van der Waals surface area contributed by atoms with E-state index >= 15 is 0 Å². The van der Waals surface area contributed by atoms with Crippen molar-refractivity contribution >= 4 is 28.5 Å². The molecule has 3 rings (SSSR count). The monoisotopic (exact) mass is 531 g/mol. The minimum absolute atomic E-state index is 0.0293. The Bertz CT molecular complexity index is 1330. The first-order valence-electron chi connectivity index (χ1n) is 11.6. The summed E-state index contributed by atoms with van der Waals surface area (Å²) in [5.74, 6) is -2.84. The molecule has 1 aliphatic rings. The highest BCUT2D eigenvalue weighted by Crippen LogP contribution is 2.31. The minimum Gasteiger partial charge on any atom is -0.336 e. The molecule has 1 aromatic heterocycles. The van der Waals surface area contributed by atoms with E-state index in [0.717, 1.165) is 4.90 Å². The third kappa shape index (κ3) is 5.86. The molecule has 1 fully saturated rings. The maximum Gasteiger partial charge on any atom is 0.471 e. The Kier molecular flexibility index (Phi) is 7.96. The molecule has 2 aromatic rings. The lowest BCUT2D eigenvalue weighted by molar-refractivity contribution is -0.176. The Hall–Kier alpha value is -4.19. The van der Waals surface area contributed by atoms with Crippen LogP contribution in [0, 0.1) is 40.8 Å². The van der Waals surface area contributed by atoms with Gasteiger partial charge in [0.2, 0.25) is 11.8 Å². The predicted octanol–water partition coefficient (Wildman–Crippen LogP) is 3.00. The zero-order chi connectivity index (χ0) is 28.4. The summed E-state index contributed by atoms with van der Waals surface area (Å²) in [6, 6.07) is 1.89. The number of hydrogen-bond donors (Lipinski definition) is 2. The molecule has 1 unspecified atom stereocenters. The number of hydrogen-bond acceptors (Lipinski definition) is 5. The van der Waals surface area contributed by atoms with Gasteiger partial charge in [0.15, 0.2) is 0 Å². The van der Waals surface area contributed by atoms with Crippen LogP contribution in [0.1, 0.15) is 38.8 Å². The minimum atomic E-state index is -5.23. The highest BCUT2D eigenvalue weighted by molar-refractivity contribution is 5.94. The Morgan fingerprint density at radius 3 is 2.45 bits per heavy atom. The van der Waals surface area contributed by atoms with Gasteiger partial charge in [0.1, 0.15) is 23.9 Å². The van der Waals surface area contributed by atoms with Crippen LogP contribution in [0.5, 0.6) is 0 Å². The number of nitrogens with zero attached hydrogens (tertiary/aromatic N) is 3. The highest BCUT2D eigenvalue weighted by atomic mass is 19.4. The van der Waals surface area contributed by atoms with Gasteiger partial charge in [0, 0.05) is 41.2 Å². The van der Waals surface area contributed by atoms with E-state index in [1.165, 1.54) is 45.3 Å². The molecule has 12 heteroatoms. The van der Waals surface area contributed by atoms with Gasteiger partial charge in [-0.15, -0.1) is 12.3 Å². The average Bonchev–Trinajstić information content (AvgIpc) is 3.28. The normalized spacial score (nSPS) is 19.2. The van der Waals surface area contributed by atoms with Crippen LogP contribution in [0.25, 0.3) is 10.8 Å². The van der Waals surface area contributed by atoms with Crippen LogP contribution in [0.15, 0.2) is 30.6 Å². The van der Waals surface area contributed by atoms with Crippen LogP contribution in [0.3, 0.4) is 0 Å². The lowest BCUT2D eigenvalue weighted by Crippen LogP contribution is -2.59. The van der Waals surface area contributed by atoms with E-state index in [9.17, 15) is 37.2 Å². The fourth-order valence-electron chi connectivity index (χ4n) is 4.33. The van der Waals surface area contributed by atoms with Gasteiger partial charge in [-0.1, -0.05) is 32.9 Å². The van der Waals surface area contributed by atoms with Crippen LogP contribution >= 0.6 is 0 Å². The Balaban J connectivity index is 1.92. The van der Waals surface area contributed by atoms with Gasteiger partial charge in [0.05, 0.1) is 6.07 Å². The van der Waals surface area contributed by atoms with Gasteiger partial charge < -0.3 is 15.5 Å². The Morgan fingerprint density at radius 1 is 1.18 bits per heavy atom. The van der Waals surface area contributed by atoms with E-state index in [1.54, 1.807) is 11.4 Å². The average molecular weight is 532 g/mol. The molecule has 1 aromatic carbocycles. The molecule has 200 valence electrons. The Labute approximate surface area is 216 Å². The van der Waals surface area contributed by atoms with E-state index in [-0.39, 0.29) is 23.9 Å². The second-order valence-corrected chi connectivity index (χ2v) is 10.0. The molecule has 0 spiro atoms. The number of benzene rings is 1. The van der Waals surface area contributed by atoms with Gasteiger partial charge in [0.25, 0.3) is 0 Å². The maximum absolute atomic E-state index is 14.6. The van der Waals surface area contributed by atoms with E-state index < -0.39 is 59.2 Å². The lowest BCUT2D eigenvalue weighted by Gasteiger charge is -2.35. The molecule has 8 nitrogen and oxygen atoms in total. The smallest absolute Gasteiger partial charge is 0.336 e. The van der Waals surface area contributed by atoms with E-state index in [4.69, 9.17) is 6.42 Å². The SMILES string of the molecule is C#C[C@@H]1C[C@@H](C(=O)NC(C#N)c2cncc3cccc(F)c23)N(C(=O)[C@@H](NC(=O)C(F)(F)F)C(C)(C)C)C1. The number of nitriles is 1. The quantitative estimate of drug-likeness (QED) is 0.455. The van der Waals surface area contributed by atoms with Gasteiger partial charge in [-0.3, -0.25) is 19.4 Å². The van der Waals surface area contributed by atoms with Crippen molar-refractivity contribution in [3.63, 3.8) is 0 Å². The van der Waals surface area contributed by atoms with E-state index in [2.05, 4.69) is 16.2 Å². The van der Waals surface area contributed by atoms with Crippen LogP contribution < -0.4 is 10.6 Å². The van der Waals surface area contributed by atoms with Crippen LogP contribution in [0.2, 0.25) is 0 Å². The van der Waals surface area contributed by atoms with Crippen LogP contribution in [-0.2, 0) is 14.4 Å². The van der Waals surface area contributed by atoms with E-state index in [0.29, 0.717) is 5.39 Å². The standard InChI is InChI=1S/C26H25F4N5O3/c1-5-14-9-19(35(13-14)23(37)21(25(2,3)4)34-24(38)26(28,29)30)22(36)33-18(10-31)16-12-32-11-15-7-6-8-17(27)20(15)16/h1,6-8,11-12,14,18-19,21H,9,13H2,2-4H3,(H,33,36)(H,34,38)/t14-,18?,19+,21-/m1/s1. The number of pyridine rings is 1. The fourth-order valence-corrected chi connectivity index (χ4v) is 4.33. The number of alkyl halides is 3. The summed E-state index contributed by atoms with van der Waals surface area (Å²) >= 11 is 0. The topological polar surface area (TPSA) is 115 Å². The van der Waals surface area contributed by atoms with Crippen molar-refractivity contribution in [2.24, 2.45) is 11.3 Å². The van der Waals surface area contributed by atoms with Crippen molar-refractivity contribution < 1.29 is 31.9 Å². The highest BCUT2D eigenvalue weighted by Gasteiger charge is 2.48. The Morgan fingerprint density at radius 2 is 1.87 bits per heavy atom. The van der Waals surface area contributed by atoms with Gasteiger partial charge in [-0.25, -0.2) is 4.39 Å². The molecule has 2 heterocycles. The number of rotatable bonds is 5. The first-order chi connectivity index (χ1) is 17.7. The fraction of sp³-hybridized carbons (Fsp3) is 0.423. The number of nitrogens with one attached hydrogen (secondary N) is 2. The number of carbonyl (C=O) groups excluding carboxylic acids is 3. The van der Waals surface area contributed by atoms with Crippen molar-refractivity contribution in [3.8, 4) is 18.4 Å². The molecule has 0 radical (unpaired) electrons.